The molecule has 0 heterocycles. The van der Waals surface area contributed by atoms with Crippen molar-refractivity contribution in [3.63, 3.8) is 0 Å². The number of fused-ring (bicyclic) bond motifs is 1. The first-order chi connectivity index (χ1) is 10.4. The summed E-state index contributed by atoms with van der Waals surface area (Å²) in [6.07, 6.45) is 13.8. The van der Waals surface area contributed by atoms with Gasteiger partial charge >= 0.3 is 0 Å². The standard InChI is InChI=1S/C22H36/c1-7-8-9-20-17(4)11-13-19-14-12-18(5)21(22(19,20)6)15-10-16(2)3/h7,11,18-21H,1-2,8-10,12-15H2,3-6H3/t18-,19-,20-,21+,22-/m0/s1. The van der Waals surface area contributed by atoms with Crippen molar-refractivity contribution in [2.45, 2.75) is 72.6 Å². The predicted octanol–water partition coefficient (Wildman–Crippen LogP) is 6.94. The van der Waals surface area contributed by atoms with Gasteiger partial charge in [-0.3, -0.25) is 0 Å². The van der Waals surface area contributed by atoms with E-state index in [1.807, 2.05) is 0 Å². The van der Waals surface area contributed by atoms with Crippen LogP contribution in [0, 0.1) is 29.1 Å². The first-order valence-corrected chi connectivity index (χ1v) is 9.33. The minimum atomic E-state index is 0.481. The molecule has 0 bridgehead atoms. The molecule has 2 aliphatic carbocycles. The molecular weight excluding hydrogens is 264 g/mol. The van der Waals surface area contributed by atoms with Crippen LogP contribution in [0.5, 0.6) is 0 Å². The van der Waals surface area contributed by atoms with Crippen LogP contribution in [0.3, 0.4) is 0 Å². The minimum Gasteiger partial charge on any atom is -0.103 e. The van der Waals surface area contributed by atoms with E-state index >= 15 is 0 Å². The molecule has 1 saturated carbocycles. The fourth-order valence-corrected chi connectivity index (χ4v) is 5.59. The highest BCUT2D eigenvalue weighted by Crippen LogP contribution is 2.60. The monoisotopic (exact) mass is 300 g/mol. The lowest BCUT2D eigenvalue weighted by molar-refractivity contribution is -0.0484. The highest BCUT2D eigenvalue weighted by Gasteiger charge is 2.51. The summed E-state index contributed by atoms with van der Waals surface area (Å²) in [5.74, 6) is 3.35. The van der Waals surface area contributed by atoms with E-state index in [4.69, 9.17) is 0 Å². The summed E-state index contributed by atoms with van der Waals surface area (Å²) < 4.78 is 0. The molecule has 0 unspecified atom stereocenters. The van der Waals surface area contributed by atoms with Gasteiger partial charge in [0.1, 0.15) is 0 Å². The zero-order valence-electron chi connectivity index (χ0n) is 15.3. The smallest absolute Gasteiger partial charge is 0.0144 e. The molecule has 0 aromatic carbocycles. The van der Waals surface area contributed by atoms with Crippen LogP contribution in [0.2, 0.25) is 0 Å². The van der Waals surface area contributed by atoms with Crippen molar-refractivity contribution in [2.75, 3.05) is 0 Å². The van der Waals surface area contributed by atoms with Gasteiger partial charge in [-0.15, -0.1) is 13.2 Å². The van der Waals surface area contributed by atoms with E-state index < -0.39 is 0 Å². The lowest BCUT2D eigenvalue weighted by Gasteiger charge is -2.57. The van der Waals surface area contributed by atoms with Crippen molar-refractivity contribution in [3.8, 4) is 0 Å². The molecule has 0 saturated heterocycles. The van der Waals surface area contributed by atoms with Gasteiger partial charge in [-0.05, 0) is 81.5 Å². The average molecular weight is 301 g/mol. The van der Waals surface area contributed by atoms with Crippen LogP contribution in [-0.4, -0.2) is 0 Å². The molecule has 0 N–H and O–H groups in total. The Morgan fingerprint density at radius 2 is 2.09 bits per heavy atom. The van der Waals surface area contributed by atoms with Crippen LogP contribution >= 0.6 is 0 Å². The average Bonchev–Trinajstić information content (AvgIpc) is 2.45. The van der Waals surface area contributed by atoms with Gasteiger partial charge in [-0.2, -0.15) is 0 Å². The molecule has 5 atom stereocenters. The molecule has 2 rings (SSSR count). The minimum absolute atomic E-state index is 0.481. The Morgan fingerprint density at radius 1 is 1.36 bits per heavy atom. The topological polar surface area (TPSA) is 0 Å². The van der Waals surface area contributed by atoms with Crippen molar-refractivity contribution in [1.29, 1.82) is 0 Å². The van der Waals surface area contributed by atoms with E-state index in [2.05, 4.69) is 53.0 Å². The van der Waals surface area contributed by atoms with Gasteiger partial charge in [0.15, 0.2) is 0 Å². The van der Waals surface area contributed by atoms with Gasteiger partial charge in [0.25, 0.3) is 0 Å². The zero-order valence-corrected chi connectivity index (χ0v) is 15.3. The van der Waals surface area contributed by atoms with Gasteiger partial charge in [0.2, 0.25) is 0 Å². The number of rotatable bonds is 6. The third kappa shape index (κ3) is 3.26. The molecule has 0 heteroatoms. The Hall–Kier alpha value is -0.780. The number of hydrogen-bond acceptors (Lipinski definition) is 0. The molecule has 0 radical (unpaired) electrons. The largest absolute Gasteiger partial charge is 0.103 e. The highest BCUT2D eigenvalue weighted by molar-refractivity contribution is 5.18. The molecule has 0 aromatic rings. The quantitative estimate of drug-likeness (QED) is 0.466. The second-order valence-electron chi connectivity index (χ2n) is 8.32. The SMILES string of the molecule is C=CCC[C@H]1C(C)=CC[C@H]2CC[C@H](C)[C@@H](CCC(=C)C)[C@@]21C. The molecule has 0 nitrogen and oxygen atoms in total. The molecular formula is C22H36. The normalized spacial score (nSPS) is 38.1. The Morgan fingerprint density at radius 3 is 2.73 bits per heavy atom. The van der Waals surface area contributed by atoms with Crippen LogP contribution < -0.4 is 0 Å². The van der Waals surface area contributed by atoms with Gasteiger partial charge in [0, 0.05) is 0 Å². The van der Waals surface area contributed by atoms with Gasteiger partial charge in [0.05, 0.1) is 0 Å². The fraction of sp³-hybridized carbons (Fsp3) is 0.727. The molecule has 0 aromatic heterocycles. The van der Waals surface area contributed by atoms with Gasteiger partial charge < -0.3 is 0 Å². The van der Waals surface area contributed by atoms with Crippen LogP contribution in [0.15, 0.2) is 36.5 Å². The molecule has 0 spiro atoms. The molecule has 2 aliphatic rings. The van der Waals surface area contributed by atoms with Crippen LogP contribution in [0.25, 0.3) is 0 Å². The Balaban J connectivity index is 2.31. The maximum atomic E-state index is 4.15. The van der Waals surface area contributed by atoms with Crippen molar-refractivity contribution in [2.24, 2.45) is 29.1 Å². The number of allylic oxidation sites excluding steroid dienone is 4. The third-order valence-electron chi connectivity index (χ3n) is 6.90. The highest BCUT2D eigenvalue weighted by atomic mass is 14.6. The van der Waals surface area contributed by atoms with Gasteiger partial charge in [-0.1, -0.05) is 43.6 Å². The summed E-state index contributed by atoms with van der Waals surface area (Å²) in [5, 5.41) is 0. The molecule has 22 heavy (non-hydrogen) atoms. The maximum Gasteiger partial charge on any atom is -0.0144 e. The predicted molar refractivity (Wildman–Crippen MR) is 98.8 cm³/mol. The summed E-state index contributed by atoms with van der Waals surface area (Å²) in [6.45, 7) is 17.8. The summed E-state index contributed by atoms with van der Waals surface area (Å²) in [5.41, 5.74) is 3.48. The number of hydrogen-bond donors (Lipinski definition) is 0. The van der Waals surface area contributed by atoms with Crippen molar-refractivity contribution in [3.05, 3.63) is 36.5 Å². The van der Waals surface area contributed by atoms with Crippen molar-refractivity contribution >= 4 is 0 Å². The second-order valence-corrected chi connectivity index (χ2v) is 8.32. The summed E-state index contributed by atoms with van der Waals surface area (Å²) in [7, 11) is 0. The first-order valence-electron chi connectivity index (χ1n) is 9.33. The van der Waals surface area contributed by atoms with E-state index in [9.17, 15) is 0 Å². The van der Waals surface area contributed by atoms with Gasteiger partial charge in [-0.25, -0.2) is 0 Å². The Labute approximate surface area is 138 Å². The van der Waals surface area contributed by atoms with Crippen LogP contribution in [-0.2, 0) is 0 Å². The van der Waals surface area contributed by atoms with Crippen molar-refractivity contribution in [1.82, 2.24) is 0 Å². The van der Waals surface area contributed by atoms with Crippen LogP contribution in [0.1, 0.15) is 72.6 Å². The second kappa shape index (κ2) is 7.20. The van der Waals surface area contributed by atoms with Crippen molar-refractivity contribution < 1.29 is 0 Å². The lowest BCUT2D eigenvalue weighted by atomic mass is 9.47. The third-order valence-corrected chi connectivity index (χ3v) is 6.90. The lowest BCUT2D eigenvalue weighted by Crippen LogP contribution is -2.49. The zero-order chi connectivity index (χ0) is 16.3. The summed E-state index contributed by atoms with van der Waals surface area (Å²) in [4.78, 5) is 0. The maximum absolute atomic E-state index is 4.15. The summed E-state index contributed by atoms with van der Waals surface area (Å²) in [6, 6.07) is 0. The molecule has 0 amide bonds. The Kier molecular flexibility index (Phi) is 5.75. The van der Waals surface area contributed by atoms with E-state index in [1.54, 1.807) is 5.57 Å². The van der Waals surface area contributed by atoms with E-state index in [0.29, 0.717) is 5.41 Å². The first kappa shape index (κ1) is 17.6. The Bertz CT molecular complexity index is 441. The van der Waals surface area contributed by atoms with E-state index in [0.717, 1.165) is 30.1 Å². The summed E-state index contributed by atoms with van der Waals surface area (Å²) >= 11 is 0. The molecule has 1 fully saturated rings. The molecule has 124 valence electrons. The van der Waals surface area contributed by atoms with Crippen LogP contribution in [0.4, 0.5) is 0 Å². The fourth-order valence-electron chi connectivity index (χ4n) is 5.59. The van der Waals surface area contributed by atoms with E-state index in [1.165, 1.54) is 44.1 Å². The van der Waals surface area contributed by atoms with E-state index in [-0.39, 0.29) is 0 Å². The molecule has 0 aliphatic heterocycles.